The number of ether oxygens (including phenoxy) is 2. The van der Waals surface area contributed by atoms with Crippen molar-refractivity contribution >= 4 is 11.9 Å². The van der Waals surface area contributed by atoms with Gasteiger partial charge < -0.3 is 24.8 Å². The molecular weight excluding hydrogens is 773 g/mol. The van der Waals surface area contributed by atoms with Crippen molar-refractivity contribution in [2.24, 2.45) is 45.3 Å². The number of carbonyl (C=O) groups excluding carboxylic acids is 2. The average Bonchev–Trinajstić information content (AvgIpc) is 3.89. The van der Waals surface area contributed by atoms with E-state index in [2.05, 4.69) is 80.3 Å². The molecule has 2 heterocycles. The monoisotopic (exact) mass is 847 g/mol. The third kappa shape index (κ3) is 8.71. The molecule has 0 saturated heterocycles. The molecule has 2 bridgehead atoms. The Morgan fingerprint density at radius 3 is 2.23 bits per heavy atom. The van der Waals surface area contributed by atoms with E-state index in [-0.39, 0.29) is 37.3 Å². The van der Waals surface area contributed by atoms with E-state index in [0.717, 1.165) is 62.9 Å². The second-order valence-corrected chi connectivity index (χ2v) is 21.6. The zero-order valence-corrected chi connectivity index (χ0v) is 37.9. The molecule has 2 aromatic carbocycles. The van der Waals surface area contributed by atoms with Gasteiger partial charge in [0, 0.05) is 24.8 Å². The Morgan fingerprint density at radius 2 is 1.53 bits per heavy atom. The summed E-state index contributed by atoms with van der Waals surface area (Å²) in [5.74, 6) is 6.94. The molecule has 0 amide bonds. The van der Waals surface area contributed by atoms with Crippen molar-refractivity contribution in [3.8, 4) is 11.8 Å². The zero-order valence-electron chi connectivity index (χ0n) is 37.9. The van der Waals surface area contributed by atoms with Gasteiger partial charge in [0.1, 0.15) is 12.7 Å². The number of aryl methyl sites for hydroxylation is 2. The number of esters is 2. The molecule has 6 aliphatic rings. The number of aliphatic hydroxyl groups excluding tert-OH is 2. The fraction of sp³-hybridized carbons (Fsp3) is 0.673. The van der Waals surface area contributed by atoms with E-state index in [9.17, 15) is 24.9 Å². The molecule has 4 saturated carbocycles. The standard InChI is InChI=1S/C55H74O7/c1-39(13-12-18-40-14-6-4-7-15-40)20-23-46(56)55-47(57)28-30-52(3,44-26-32-53(33-27-44)31-24-42(36-53)22-21-41-16-8-5-9-17-41)50(55)45-37-51(2,29-11-10-19-48(58)62-45)54(55,60)34-25-43-35-49(59)61-38-43/h4-9,14-17,35,39,42,44-47,50,56-57,60H,10,12-13,18-28,30-34,36-38H2,1-3H3/t39-,42-,44?,45-,46+,47+,50+,51+,52+,53?,54-,55+/m1/s1. The molecule has 4 fully saturated rings. The topological polar surface area (TPSA) is 113 Å². The van der Waals surface area contributed by atoms with Gasteiger partial charge in [0.2, 0.25) is 0 Å². The summed E-state index contributed by atoms with van der Waals surface area (Å²) >= 11 is 0. The molecule has 4 aliphatic carbocycles. The van der Waals surface area contributed by atoms with Gasteiger partial charge in [-0.15, -0.1) is 5.92 Å². The molecule has 62 heavy (non-hydrogen) atoms. The maximum Gasteiger partial charge on any atom is 0.331 e. The summed E-state index contributed by atoms with van der Waals surface area (Å²) in [6, 6.07) is 21.4. The van der Waals surface area contributed by atoms with Crippen LogP contribution in [0.25, 0.3) is 0 Å². The quantitative estimate of drug-likeness (QED) is 0.121. The first-order chi connectivity index (χ1) is 29.8. The lowest BCUT2D eigenvalue weighted by Gasteiger charge is -2.72. The second-order valence-electron chi connectivity index (χ2n) is 21.6. The predicted octanol–water partition coefficient (Wildman–Crippen LogP) is 10.3. The fourth-order valence-corrected chi connectivity index (χ4v) is 14.6. The van der Waals surface area contributed by atoms with Crippen molar-refractivity contribution < 1.29 is 34.4 Å². The first-order valence-electron chi connectivity index (χ1n) is 24.5. The van der Waals surface area contributed by atoms with Crippen LogP contribution in [0, 0.1) is 57.2 Å². The highest BCUT2D eigenvalue weighted by atomic mass is 16.5. The Labute approximate surface area is 371 Å². The van der Waals surface area contributed by atoms with Crippen LogP contribution in [0.1, 0.15) is 154 Å². The number of carbonyl (C=O) groups is 2. The summed E-state index contributed by atoms with van der Waals surface area (Å²) < 4.78 is 12.0. The average molecular weight is 847 g/mol. The van der Waals surface area contributed by atoms with Gasteiger partial charge >= 0.3 is 11.9 Å². The number of hydrogen-bond donors (Lipinski definition) is 3. The lowest BCUT2D eigenvalue weighted by atomic mass is 9.35. The van der Waals surface area contributed by atoms with Gasteiger partial charge in [-0.2, -0.15) is 0 Å². The lowest BCUT2D eigenvalue weighted by molar-refractivity contribution is -0.339. The molecular formula is C55H74O7. The number of rotatable bonds is 15. The molecule has 0 aromatic heterocycles. The highest BCUT2D eigenvalue weighted by molar-refractivity contribution is 5.85. The van der Waals surface area contributed by atoms with Gasteiger partial charge in [0.05, 0.1) is 35.1 Å². The minimum Gasteiger partial charge on any atom is -0.462 e. The minimum atomic E-state index is -1.68. The maximum absolute atomic E-state index is 14.1. The van der Waals surface area contributed by atoms with Crippen molar-refractivity contribution in [2.45, 2.75) is 180 Å². The van der Waals surface area contributed by atoms with Crippen LogP contribution in [0.4, 0.5) is 0 Å². The third-order valence-electron chi connectivity index (χ3n) is 17.9. The largest absolute Gasteiger partial charge is 0.462 e. The highest BCUT2D eigenvalue weighted by Gasteiger charge is 2.77. The molecule has 0 unspecified atom stereocenters. The Bertz CT molecular complexity index is 1960. The number of aliphatic hydroxyl groups is 3. The normalized spacial score (nSPS) is 37.7. The number of fused-ring (bicyclic) bond motifs is 4. The molecule has 3 N–H and O–H groups in total. The van der Waals surface area contributed by atoms with E-state index in [1.807, 2.05) is 13.0 Å². The first-order valence-corrected chi connectivity index (χ1v) is 24.5. The summed E-state index contributed by atoms with van der Waals surface area (Å²) in [6.45, 7) is 6.76. The molecule has 336 valence electrons. The smallest absolute Gasteiger partial charge is 0.331 e. The van der Waals surface area contributed by atoms with E-state index in [0.29, 0.717) is 43.4 Å². The molecule has 0 radical (unpaired) electrons. The van der Waals surface area contributed by atoms with Crippen LogP contribution >= 0.6 is 0 Å². The fourth-order valence-electron chi connectivity index (χ4n) is 14.6. The SMILES string of the molecule is C[C@H](CCCc1ccccc1)CC[C@H](O)[C@]12[C@@H]([C@H]3C[C@](C)(C#CCCC(=O)O3)[C@]1(O)CCC1=CC(=O)OC1)[C@](C)(C1CCC3(CC1)CC[C@@H](CCc1ccccc1)C3)CC[C@@H]2O. The lowest BCUT2D eigenvalue weighted by Crippen LogP contribution is -2.79. The van der Waals surface area contributed by atoms with E-state index in [1.54, 1.807) is 0 Å². The van der Waals surface area contributed by atoms with Gasteiger partial charge in [-0.3, -0.25) is 4.79 Å². The minimum absolute atomic E-state index is 0.170. The summed E-state index contributed by atoms with van der Waals surface area (Å²) in [5.41, 5.74) is -0.760. The zero-order chi connectivity index (χ0) is 43.6. The molecule has 1 spiro atoms. The van der Waals surface area contributed by atoms with Crippen molar-refractivity contribution in [1.82, 2.24) is 0 Å². The predicted molar refractivity (Wildman–Crippen MR) is 242 cm³/mol. The maximum atomic E-state index is 14.1. The van der Waals surface area contributed by atoms with Crippen LogP contribution in [0.2, 0.25) is 0 Å². The molecule has 10 atom stereocenters. The summed E-state index contributed by atoms with van der Waals surface area (Å²) in [7, 11) is 0. The Kier molecular flexibility index (Phi) is 13.5. The van der Waals surface area contributed by atoms with Crippen LogP contribution in [0.5, 0.6) is 0 Å². The number of hydrogen-bond acceptors (Lipinski definition) is 7. The Balaban J connectivity index is 1.11. The van der Waals surface area contributed by atoms with Gasteiger partial charge in [0.25, 0.3) is 0 Å². The number of benzene rings is 2. The molecule has 8 rings (SSSR count). The van der Waals surface area contributed by atoms with Crippen LogP contribution in [0.15, 0.2) is 72.3 Å². The molecule has 2 aliphatic heterocycles. The van der Waals surface area contributed by atoms with Crippen molar-refractivity contribution in [2.75, 3.05) is 6.61 Å². The van der Waals surface area contributed by atoms with E-state index in [4.69, 9.17) is 9.47 Å². The van der Waals surface area contributed by atoms with Crippen molar-refractivity contribution in [3.63, 3.8) is 0 Å². The first kappa shape index (κ1) is 45.1. The van der Waals surface area contributed by atoms with E-state index < -0.39 is 46.1 Å². The molecule has 2 aromatic rings. The van der Waals surface area contributed by atoms with Gasteiger partial charge in [-0.25, -0.2) is 4.79 Å². The Hall–Kier alpha value is -3.44. The molecule has 7 nitrogen and oxygen atoms in total. The van der Waals surface area contributed by atoms with Crippen molar-refractivity contribution in [3.05, 3.63) is 83.4 Å². The summed E-state index contributed by atoms with van der Waals surface area (Å²) in [4.78, 5) is 26.0. The van der Waals surface area contributed by atoms with Crippen molar-refractivity contribution in [1.29, 1.82) is 0 Å². The highest BCUT2D eigenvalue weighted by Crippen LogP contribution is 2.72. The van der Waals surface area contributed by atoms with Crippen LogP contribution in [-0.2, 0) is 31.9 Å². The van der Waals surface area contributed by atoms with Crippen LogP contribution in [0.3, 0.4) is 0 Å². The molecule has 7 heteroatoms. The van der Waals surface area contributed by atoms with Crippen LogP contribution in [-0.4, -0.2) is 57.8 Å². The van der Waals surface area contributed by atoms with E-state index in [1.165, 1.54) is 55.7 Å². The van der Waals surface area contributed by atoms with Crippen LogP contribution < -0.4 is 0 Å². The second kappa shape index (κ2) is 18.6. The third-order valence-corrected chi connectivity index (χ3v) is 17.9. The van der Waals surface area contributed by atoms with Gasteiger partial charge in [-0.05, 0) is 161 Å². The summed E-state index contributed by atoms with van der Waals surface area (Å²) in [5, 5.41) is 40.3. The number of cyclic esters (lactones) is 1. The van der Waals surface area contributed by atoms with Gasteiger partial charge in [-0.1, -0.05) is 86.9 Å². The van der Waals surface area contributed by atoms with Gasteiger partial charge in [0.15, 0.2) is 0 Å². The summed E-state index contributed by atoms with van der Waals surface area (Å²) in [6.07, 6.45) is 16.2. The Morgan fingerprint density at radius 1 is 0.839 bits per heavy atom. The van der Waals surface area contributed by atoms with E-state index >= 15 is 0 Å².